The van der Waals surface area contributed by atoms with Gasteiger partial charge in [-0.25, -0.2) is 4.79 Å². The SMILES string of the molecule is C=CCOC(=O)c1c2c(nc3ccc(C)cc13)CCN(C(=O)c1ccc(C)s1)C2. The minimum absolute atomic E-state index is 0.0106. The Morgan fingerprint density at radius 3 is 2.83 bits per heavy atom. The molecule has 6 heteroatoms. The number of aromatic nitrogens is 1. The lowest BCUT2D eigenvalue weighted by Crippen LogP contribution is -2.37. The highest BCUT2D eigenvalue weighted by atomic mass is 32.1. The Morgan fingerprint density at radius 2 is 2.10 bits per heavy atom. The molecule has 148 valence electrons. The topological polar surface area (TPSA) is 59.5 Å². The molecule has 0 atom stereocenters. The van der Waals surface area contributed by atoms with Gasteiger partial charge in [-0.15, -0.1) is 11.3 Å². The van der Waals surface area contributed by atoms with Gasteiger partial charge in [-0.05, 0) is 38.1 Å². The first-order chi connectivity index (χ1) is 14.0. The summed E-state index contributed by atoms with van der Waals surface area (Å²) < 4.78 is 5.39. The lowest BCUT2D eigenvalue weighted by atomic mass is 9.95. The first-order valence-electron chi connectivity index (χ1n) is 9.53. The van der Waals surface area contributed by atoms with Gasteiger partial charge in [0.15, 0.2) is 0 Å². The predicted molar refractivity (Wildman–Crippen MR) is 114 cm³/mol. The predicted octanol–water partition coefficient (Wildman–Crippen LogP) is 4.45. The summed E-state index contributed by atoms with van der Waals surface area (Å²) in [6.07, 6.45) is 2.16. The van der Waals surface area contributed by atoms with Crippen LogP contribution in [0.2, 0.25) is 0 Å². The van der Waals surface area contributed by atoms with E-state index in [2.05, 4.69) is 6.58 Å². The molecule has 0 saturated carbocycles. The quantitative estimate of drug-likeness (QED) is 0.474. The fourth-order valence-electron chi connectivity index (χ4n) is 3.67. The van der Waals surface area contributed by atoms with Crippen LogP contribution >= 0.6 is 11.3 Å². The van der Waals surface area contributed by atoms with Gasteiger partial charge in [0.1, 0.15) is 6.61 Å². The monoisotopic (exact) mass is 406 g/mol. The zero-order valence-corrected chi connectivity index (χ0v) is 17.3. The Hall–Kier alpha value is -2.99. The van der Waals surface area contributed by atoms with E-state index >= 15 is 0 Å². The Labute approximate surface area is 173 Å². The van der Waals surface area contributed by atoms with Crippen LogP contribution in [0.25, 0.3) is 10.9 Å². The van der Waals surface area contributed by atoms with Crippen LogP contribution in [0.4, 0.5) is 0 Å². The number of hydrogen-bond donors (Lipinski definition) is 0. The molecule has 1 amide bonds. The number of fused-ring (bicyclic) bond motifs is 2. The Balaban J connectivity index is 1.79. The Kier molecular flexibility index (Phi) is 5.20. The van der Waals surface area contributed by atoms with E-state index in [1.807, 2.05) is 44.2 Å². The molecule has 0 radical (unpaired) electrons. The van der Waals surface area contributed by atoms with Crippen molar-refractivity contribution in [3.8, 4) is 0 Å². The van der Waals surface area contributed by atoms with Gasteiger partial charge in [0, 0.05) is 41.0 Å². The zero-order valence-electron chi connectivity index (χ0n) is 16.5. The summed E-state index contributed by atoms with van der Waals surface area (Å²) in [4.78, 5) is 34.3. The lowest BCUT2D eigenvalue weighted by molar-refractivity contribution is 0.0545. The third kappa shape index (κ3) is 3.68. The second-order valence-corrected chi connectivity index (χ2v) is 8.49. The number of aryl methyl sites for hydroxylation is 2. The van der Waals surface area contributed by atoms with Gasteiger partial charge < -0.3 is 9.64 Å². The second-order valence-electron chi connectivity index (χ2n) is 7.21. The summed E-state index contributed by atoms with van der Waals surface area (Å²) in [5.41, 5.74) is 3.96. The Bertz CT molecular complexity index is 1130. The average molecular weight is 407 g/mol. The van der Waals surface area contributed by atoms with E-state index in [1.165, 1.54) is 11.3 Å². The van der Waals surface area contributed by atoms with Gasteiger partial charge in [-0.3, -0.25) is 9.78 Å². The number of thiophene rings is 1. The molecule has 29 heavy (non-hydrogen) atoms. The maximum Gasteiger partial charge on any atom is 0.339 e. The number of esters is 1. The lowest BCUT2D eigenvalue weighted by Gasteiger charge is -2.29. The largest absolute Gasteiger partial charge is 0.458 e. The van der Waals surface area contributed by atoms with Crippen LogP contribution in [0, 0.1) is 13.8 Å². The number of carbonyl (C=O) groups is 2. The van der Waals surface area contributed by atoms with Crippen LogP contribution in [0.1, 0.15) is 41.7 Å². The third-order valence-corrected chi connectivity index (χ3v) is 6.06. The van der Waals surface area contributed by atoms with E-state index in [1.54, 1.807) is 11.0 Å². The molecule has 1 aliphatic rings. The van der Waals surface area contributed by atoms with Crippen LogP contribution in [-0.2, 0) is 17.7 Å². The molecule has 1 aliphatic heterocycles. The first-order valence-corrected chi connectivity index (χ1v) is 10.4. The number of amides is 1. The standard InChI is InChI=1S/C23H22N2O3S/c1-4-11-28-23(27)21-16-12-14(2)5-7-18(16)24-19-9-10-25(13-17(19)21)22(26)20-8-6-15(3)29-20/h4-8,12H,1,9-11,13H2,2-3H3. The van der Waals surface area contributed by atoms with Crippen LogP contribution in [-0.4, -0.2) is 34.9 Å². The van der Waals surface area contributed by atoms with E-state index in [0.29, 0.717) is 30.0 Å². The summed E-state index contributed by atoms with van der Waals surface area (Å²) in [6, 6.07) is 9.68. The fourth-order valence-corrected chi connectivity index (χ4v) is 4.51. The van der Waals surface area contributed by atoms with E-state index in [4.69, 9.17) is 9.72 Å². The van der Waals surface area contributed by atoms with Crippen molar-refractivity contribution in [2.75, 3.05) is 13.2 Å². The summed E-state index contributed by atoms with van der Waals surface area (Å²) in [7, 11) is 0. The van der Waals surface area contributed by atoms with Gasteiger partial charge in [0.05, 0.1) is 16.0 Å². The second kappa shape index (κ2) is 7.79. The minimum Gasteiger partial charge on any atom is -0.458 e. The van der Waals surface area contributed by atoms with Crippen LogP contribution in [0.15, 0.2) is 43.0 Å². The molecule has 0 unspecified atom stereocenters. The van der Waals surface area contributed by atoms with Crippen molar-refractivity contribution in [2.45, 2.75) is 26.8 Å². The summed E-state index contributed by atoms with van der Waals surface area (Å²) in [5, 5.41) is 0.763. The highest BCUT2D eigenvalue weighted by Gasteiger charge is 2.29. The number of hydrogen-bond acceptors (Lipinski definition) is 5. The smallest absolute Gasteiger partial charge is 0.339 e. The number of pyridine rings is 1. The van der Waals surface area contributed by atoms with Gasteiger partial charge in [0.2, 0.25) is 0 Å². The number of benzene rings is 1. The molecule has 5 nitrogen and oxygen atoms in total. The molecule has 4 rings (SSSR count). The van der Waals surface area contributed by atoms with Crippen molar-refractivity contribution in [2.24, 2.45) is 0 Å². The molecule has 3 heterocycles. The normalized spacial score (nSPS) is 13.2. The molecule has 0 bridgehead atoms. The van der Waals surface area contributed by atoms with Crippen molar-refractivity contribution >= 4 is 34.1 Å². The summed E-state index contributed by atoms with van der Waals surface area (Å²) in [6.45, 7) is 8.65. The van der Waals surface area contributed by atoms with E-state index in [0.717, 1.165) is 32.6 Å². The van der Waals surface area contributed by atoms with Gasteiger partial charge in [-0.2, -0.15) is 0 Å². The fraction of sp³-hybridized carbons (Fsp3) is 0.261. The van der Waals surface area contributed by atoms with Crippen molar-refractivity contribution < 1.29 is 14.3 Å². The Morgan fingerprint density at radius 1 is 1.28 bits per heavy atom. The van der Waals surface area contributed by atoms with E-state index in [-0.39, 0.29) is 12.5 Å². The number of nitrogens with zero attached hydrogens (tertiary/aromatic N) is 2. The van der Waals surface area contributed by atoms with Crippen molar-refractivity contribution in [3.63, 3.8) is 0 Å². The molecule has 3 aromatic rings. The molecular weight excluding hydrogens is 384 g/mol. The molecule has 2 aromatic heterocycles. The summed E-state index contributed by atoms with van der Waals surface area (Å²) in [5.74, 6) is -0.413. The molecular formula is C23H22N2O3S. The highest BCUT2D eigenvalue weighted by molar-refractivity contribution is 7.13. The maximum absolute atomic E-state index is 13.0. The van der Waals surface area contributed by atoms with Crippen molar-refractivity contribution in [1.82, 2.24) is 9.88 Å². The highest BCUT2D eigenvalue weighted by Crippen LogP contribution is 2.30. The van der Waals surface area contributed by atoms with Gasteiger partial charge >= 0.3 is 5.97 Å². The summed E-state index contributed by atoms with van der Waals surface area (Å²) >= 11 is 1.49. The maximum atomic E-state index is 13.0. The number of ether oxygens (including phenoxy) is 1. The number of rotatable bonds is 4. The molecule has 0 N–H and O–H groups in total. The van der Waals surface area contributed by atoms with Crippen molar-refractivity contribution in [1.29, 1.82) is 0 Å². The molecule has 0 fully saturated rings. The van der Waals surface area contributed by atoms with E-state index in [9.17, 15) is 9.59 Å². The molecule has 0 saturated heterocycles. The third-order valence-electron chi connectivity index (χ3n) is 5.07. The first kappa shape index (κ1) is 19.3. The van der Waals surface area contributed by atoms with Gasteiger partial charge in [-0.1, -0.05) is 24.3 Å². The van der Waals surface area contributed by atoms with Crippen LogP contribution < -0.4 is 0 Å². The zero-order chi connectivity index (χ0) is 20.5. The average Bonchev–Trinajstić information content (AvgIpc) is 3.15. The molecule has 1 aromatic carbocycles. The van der Waals surface area contributed by atoms with Crippen LogP contribution in [0.3, 0.4) is 0 Å². The van der Waals surface area contributed by atoms with Crippen molar-refractivity contribution in [3.05, 3.63) is 75.1 Å². The van der Waals surface area contributed by atoms with Gasteiger partial charge in [0.25, 0.3) is 5.91 Å². The number of carbonyl (C=O) groups excluding carboxylic acids is 2. The van der Waals surface area contributed by atoms with Crippen LogP contribution in [0.5, 0.6) is 0 Å². The van der Waals surface area contributed by atoms with E-state index < -0.39 is 5.97 Å². The molecule has 0 aliphatic carbocycles. The molecule has 0 spiro atoms. The minimum atomic E-state index is -0.402.